The topological polar surface area (TPSA) is 127 Å². The summed E-state index contributed by atoms with van der Waals surface area (Å²) in [6.45, 7) is 4.02. The molecule has 0 bridgehead atoms. The van der Waals surface area contributed by atoms with Gasteiger partial charge in [-0.05, 0) is 37.0 Å². The molecule has 2 aliphatic heterocycles. The molecule has 2 aromatic rings. The summed E-state index contributed by atoms with van der Waals surface area (Å²) in [4.78, 5) is 47.4. The fourth-order valence-electron chi connectivity index (χ4n) is 4.07. The Balaban J connectivity index is 1.59. The number of carbonyl (C=O) groups is 2. The van der Waals surface area contributed by atoms with Crippen LogP contribution in [0.2, 0.25) is 0 Å². The lowest BCUT2D eigenvalue weighted by Crippen LogP contribution is -2.38. The molecule has 3 heterocycles. The number of ether oxygens (including phenoxy) is 1. The van der Waals surface area contributed by atoms with Crippen LogP contribution in [0.25, 0.3) is 0 Å². The maximum absolute atomic E-state index is 13.0. The SMILES string of the molecule is CCOC(=O)C1=C(C)N=C2SC=C(CC(=O)NCCc3ccccn3)N2C1c1cccc([N+](=O)[O-])c1. The van der Waals surface area contributed by atoms with Crippen LogP contribution in [0.4, 0.5) is 5.69 Å². The smallest absolute Gasteiger partial charge is 0.338 e. The first-order valence-electron chi connectivity index (χ1n) is 11.4. The molecule has 0 radical (unpaired) electrons. The molecular formula is C25H25N5O5S. The molecule has 0 aliphatic carbocycles. The first-order valence-corrected chi connectivity index (χ1v) is 12.3. The number of carbonyl (C=O) groups excluding carboxylic acids is 2. The first kappa shape index (κ1) is 25.1. The van der Waals surface area contributed by atoms with Gasteiger partial charge in [0.25, 0.3) is 5.69 Å². The highest BCUT2D eigenvalue weighted by Crippen LogP contribution is 2.45. The lowest BCUT2D eigenvalue weighted by Gasteiger charge is -2.36. The summed E-state index contributed by atoms with van der Waals surface area (Å²) in [5.41, 5.74) is 2.71. The largest absolute Gasteiger partial charge is 0.463 e. The molecule has 0 spiro atoms. The van der Waals surface area contributed by atoms with Crippen LogP contribution in [-0.2, 0) is 20.7 Å². The number of rotatable bonds is 9. The predicted molar refractivity (Wildman–Crippen MR) is 136 cm³/mol. The van der Waals surface area contributed by atoms with Gasteiger partial charge in [-0.2, -0.15) is 0 Å². The van der Waals surface area contributed by atoms with Gasteiger partial charge in [0, 0.05) is 42.7 Å². The number of nitrogens with zero attached hydrogens (tertiary/aromatic N) is 4. The van der Waals surface area contributed by atoms with Crippen molar-refractivity contribution in [1.29, 1.82) is 0 Å². The number of hydrogen-bond donors (Lipinski definition) is 1. The van der Waals surface area contributed by atoms with Gasteiger partial charge in [-0.3, -0.25) is 19.9 Å². The summed E-state index contributed by atoms with van der Waals surface area (Å²) in [7, 11) is 0. The van der Waals surface area contributed by atoms with Crippen LogP contribution in [0.1, 0.15) is 37.6 Å². The Labute approximate surface area is 212 Å². The van der Waals surface area contributed by atoms with Gasteiger partial charge < -0.3 is 15.0 Å². The Morgan fingerprint density at radius 2 is 2.08 bits per heavy atom. The number of amidine groups is 1. The summed E-state index contributed by atoms with van der Waals surface area (Å²) in [5.74, 6) is -0.744. The number of nitro benzene ring substituents is 1. The second-order valence-corrected chi connectivity index (χ2v) is 8.90. The number of nitrogens with one attached hydrogen (secondary N) is 1. The third-order valence-electron chi connectivity index (χ3n) is 5.66. The molecule has 0 saturated carbocycles. The number of fused-ring (bicyclic) bond motifs is 1. The van der Waals surface area contributed by atoms with Crippen molar-refractivity contribution in [2.45, 2.75) is 32.7 Å². The quantitative estimate of drug-likeness (QED) is 0.308. The minimum atomic E-state index is -0.723. The van der Waals surface area contributed by atoms with Crippen LogP contribution in [0.5, 0.6) is 0 Å². The Morgan fingerprint density at radius 3 is 2.81 bits per heavy atom. The van der Waals surface area contributed by atoms with E-state index >= 15 is 0 Å². The van der Waals surface area contributed by atoms with Gasteiger partial charge in [0.15, 0.2) is 5.17 Å². The van der Waals surface area contributed by atoms with Gasteiger partial charge in [-0.1, -0.05) is 30.0 Å². The summed E-state index contributed by atoms with van der Waals surface area (Å²) in [6, 6.07) is 11.0. The van der Waals surface area contributed by atoms with Crippen molar-refractivity contribution in [2.75, 3.05) is 13.2 Å². The third kappa shape index (κ3) is 5.46. The van der Waals surface area contributed by atoms with E-state index in [2.05, 4.69) is 15.3 Å². The van der Waals surface area contributed by atoms with Crippen LogP contribution >= 0.6 is 11.8 Å². The number of aliphatic imine (C=N–C) groups is 1. The van der Waals surface area contributed by atoms with Crippen LogP contribution in [0.15, 0.2) is 76.0 Å². The van der Waals surface area contributed by atoms with Crippen LogP contribution in [0.3, 0.4) is 0 Å². The second-order valence-electron chi connectivity index (χ2n) is 8.06. The Morgan fingerprint density at radius 1 is 1.25 bits per heavy atom. The van der Waals surface area contributed by atoms with E-state index in [0.29, 0.717) is 35.1 Å². The molecule has 36 heavy (non-hydrogen) atoms. The normalized spacial score (nSPS) is 16.7. The van der Waals surface area contributed by atoms with E-state index in [-0.39, 0.29) is 30.2 Å². The Kier molecular flexibility index (Phi) is 7.79. The molecule has 1 aromatic heterocycles. The molecule has 1 atom stereocenters. The molecule has 0 saturated heterocycles. The van der Waals surface area contributed by atoms with E-state index in [1.165, 1.54) is 23.9 Å². The summed E-state index contributed by atoms with van der Waals surface area (Å²) >= 11 is 1.34. The number of hydrogen-bond acceptors (Lipinski definition) is 9. The van der Waals surface area contributed by atoms with Gasteiger partial charge in [0.05, 0.1) is 35.3 Å². The molecule has 2 aliphatic rings. The number of aromatic nitrogens is 1. The molecule has 186 valence electrons. The van der Waals surface area contributed by atoms with Crippen molar-refractivity contribution < 1.29 is 19.2 Å². The number of thioether (sulfide) groups is 1. The summed E-state index contributed by atoms with van der Waals surface area (Å²) < 4.78 is 5.30. The number of nitro groups is 1. The van der Waals surface area contributed by atoms with Gasteiger partial charge in [0.1, 0.15) is 0 Å². The molecule has 10 nitrogen and oxygen atoms in total. The molecular weight excluding hydrogens is 482 g/mol. The minimum Gasteiger partial charge on any atom is -0.463 e. The average Bonchev–Trinajstić information content (AvgIpc) is 3.25. The molecule has 11 heteroatoms. The van der Waals surface area contributed by atoms with Crippen molar-refractivity contribution >= 4 is 34.5 Å². The Bertz CT molecular complexity index is 1270. The third-order valence-corrected chi connectivity index (χ3v) is 6.55. The van der Waals surface area contributed by atoms with Crippen molar-refractivity contribution in [1.82, 2.24) is 15.2 Å². The van der Waals surface area contributed by atoms with E-state index in [1.807, 2.05) is 23.6 Å². The van der Waals surface area contributed by atoms with E-state index in [1.54, 1.807) is 37.1 Å². The van der Waals surface area contributed by atoms with Gasteiger partial charge in [0.2, 0.25) is 5.91 Å². The predicted octanol–water partition coefficient (Wildman–Crippen LogP) is 3.88. The maximum atomic E-state index is 13.0. The molecule has 1 unspecified atom stereocenters. The van der Waals surface area contributed by atoms with Crippen LogP contribution < -0.4 is 5.32 Å². The highest BCUT2D eigenvalue weighted by atomic mass is 32.2. The molecule has 1 N–H and O–H groups in total. The number of allylic oxidation sites excluding steroid dienone is 1. The molecule has 0 fully saturated rings. The van der Waals surface area contributed by atoms with Crippen LogP contribution in [-0.4, -0.2) is 45.0 Å². The zero-order valence-electron chi connectivity index (χ0n) is 19.8. The summed E-state index contributed by atoms with van der Waals surface area (Å²) in [5, 5.41) is 16.8. The number of esters is 1. The van der Waals surface area contributed by atoms with E-state index in [9.17, 15) is 19.7 Å². The van der Waals surface area contributed by atoms with Crippen molar-refractivity contribution in [3.8, 4) is 0 Å². The standard InChI is InChI=1S/C25H25N5O5S/c1-3-35-24(32)22-16(2)28-25-29(23(22)17-7-6-9-19(13-17)30(33)34)20(15-36-25)14-21(31)27-12-10-18-8-4-5-11-26-18/h4-9,11,13,15,23H,3,10,12,14H2,1-2H3,(H,27,31). The maximum Gasteiger partial charge on any atom is 0.338 e. The zero-order valence-corrected chi connectivity index (χ0v) is 20.7. The Hall–Kier alpha value is -3.99. The minimum absolute atomic E-state index is 0.0504. The lowest BCUT2D eigenvalue weighted by atomic mass is 9.93. The van der Waals surface area contributed by atoms with Crippen molar-refractivity contribution in [3.05, 3.63) is 92.4 Å². The first-order chi connectivity index (χ1) is 17.4. The molecule has 1 amide bonds. The van der Waals surface area contributed by atoms with Crippen molar-refractivity contribution in [2.24, 2.45) is 4.99 Å². The fourth-order valence-corrected chi connectivity index (χ4v) is 5.03. The second kappa shape index (κ2) is 11.2. The number of non-ortho nitro benzene ring substituents is 1. The van der Waals surface area contributed by atoms with Gasteiger partial charge in [-0.15, -0.1) is 0 Å². The van der Waals surface area contributed by atoms with Gasteiger partial charge in [-0.25, -0.2) is 9.79 Å². The molecule has 4 rings (SSSR count). The number of pyridine rings is 1. The van der Waals surface area contributed by atoms with Gasteiger partial charge >= 0.3 is 5.97 Å². The van der Waals surface area contributed by atoms with E-state index < -0.39 is 16.9 Å². The lowest BCUT2D eigenvalue weighted by molar-refractivity contribution is -0.384. The highest BCUT2D eigenvalue weighted by Gasteiger charge is 2.41. The van der Waals surface area contributed by atoms with E-state index in [0.717, 1.165) is 5.69 Å². The number of amides is 1. The van der Waals surface area contributed by atoms with Crippen LogP contribution in [0, 0.1) is 10.1 Å². The van der Waals surface area contributed by atoms with E-state index in [4.69, 9.17) is 4.74 Å². The monoisotopic (exact) mass is 507 g/mol. The average molecular weight is 508 g/mol. The van der Waals surface area contributed by atoms with Crippen molar-refractivity contribution in [3.63, 3.8) is 0 Å². The zero-order chi connectivity index (χ0) is 25.7. The molecule has 1 aromatic carbocycles. The highest BCUT2D eigenvalue weighted by molar-refractivity contribution is 8.16. The number of benzene rings is 1. The fraction of sp³-hybridized carbons (Fsp3) is 0.280. The summed E-state index contributed by atoms with van der Waals surface area (Å²) in [6.07, 6.45) is 2.36.